The molecule has 0 aliphatic rings. The number of nitrogens with two attached hydrogens (primary N) is 1. The Morgan fingerprint density at radius 1 is 2.00 bits per heavy atom. The van der Waals surface area contributed by atoms with Gasteiger partial charge in [-0.3, -0.25) is 0 Å². The van der Waals surface area contributed by atoms with Crippen molar-refractivity contribution in [3.63, 3.8) is 0 Å². The van der Waals surface area contributed by atoms with Crippen molar-refractivity contribution in [3.05, 3.63) is 0 Å². The van der Waals surface area contributed by atoms with E-state index in [1.807, 2.05) is 0 Å². The number of hydrogen-bond donors (Lipinski definition) is 2. The largest absolute Gasteiger partial charge is 0.327 e. The van der Waals surface area contributed by atoms with Crippen molar-refractivity contribution in [2.24, 2.45) is 5.73 Å². The van der Waals surface area contributed by atoms with E-state index in [-0.39, 0.29) is 6.54 Å². The molecule has 0 fully saturated rings. The molecule has 0 heterocycles. The van der Waals surface area contributed by atoms with Gasteiger partial charge in [0.15, 0.2) is 6.30 Å². The molecule has 0 saturated carbocycles. The molecule has 38 valence electrons. The zero-order valence-corrected chi connectivity index (χ0v) is 5.28. The molecule has 0 saturated heterocycles. The summed E-state index contributed by atoms with van der Waals surface area (Å²) in [5, 5.41) is 0. The van der Waals surface area contributed by atoms with Crippen molar-refractivity contribution < 1.29 is 4.39 Å². The Kier molecular flexibility index (Phi) is 4.12. The Balaban J connectivity index is 2.75. The van der Waals surface area contributed by atoms with Gasteiger partial charge in [-0.25, -0.2) is 7.92 Å². The first kappa shape index (κ1) is 6.58. The molecular weight excluding hydrogens is 198 g/mol. The molecule has 0 aliphatic heterocycles. The van der Waals surface area contributed by atoms with Gasteiger partial charge in [-0.05, 0) is 0 Å². The monoisotopic (exact) mass is 204 g/mol. The van der Waals surface area contributed by atoms with E-state index in [2.05, 4.69) is 3.53 Å². The van der Waals surface area contributed by atoms with Crippen LogP contribution in [0.3, 0.4) is 0 Å². The molecule has 3 N–H and O–H groups in total. The second kappa shape index (κ2) is 3.76. The number of alkyl halides is 1. The Labute approximate surface area is 49.8 Å². The van der Waals surface area contributed by atoms with Gasteiger partial charge in [-0.2, -0.15) is 0 Å². The molecule has 0 rings (SSSR count). The zero-order valence-electron chi connectivity index (χ0n) is 3.12. The van der Waals surface area contributed by atoms with Crippen LogP contribution in [0.25, 0.3) is 0 Å². The van der Waals surface area contributed by atoms with Gasteiger partial charge in [0.2, 0.25) is 0 Å². The standard InChI is InChI=1S/C2H6FIN2/c3-2(1-5)6-4/h2,6H,1,5H2. The smallest absolute Gasteiger partial charge is 0.171 e. The quantitative estimate of drug-likeness (QED) is 0.382. The van der Waals surface area contributed by atoms with Crippen LogP contribution in [-0.2, 0) is 0 Å². The summed E-state index contributed by atoms with van der Waals surface area (Å²) in [4.78, 5) is 0. The Morgan fingerprint density at radius 3 is 2.50 bits per heavy atom. The summed E-state index contributed by atoms with van der Waals surface area (Å²) >= 11 is 1.71. The van der Waals surface area contributed by atoms with Gasteiger partial charge < -0.3 is 5.73 Å². The van der Waals surface area contributed by atoms with E-state index >= 15 is 0 Å². The van der Waals surface area contributed by atoms with E-state index in [9.17, 15) is 4.39 Å². The van der Waals surface area contributed by atoms with E-state index in [4.69, 9.17) is 5.73 Å². The van der Waals surface area contributed by atoms with Crippen LogP contribution in [0.15, 0.2) is 0 Å². The SMILES string of the molecule is NCC(F)NI. The van der Waals surface area contributed by atoms with E-state index in [0.717, 1.165) is 0 Å². The molecule has 1 atom stereocenters. The number of nitrogens with one attached hydrogen (secondary N) is 1. The minimum Gasteiger partial charge on any atom is -0.327 e. The molecule has 0 spiro atoms. The normalized spacial score (nSPS) is 14.5. The zero-order chi connectivity index (χ0) is 4.99. The second-order valence-corrected chi connectivity index (χ2v) is 1.44. The van der Waals surface area contributed by atoms with Crippen molar-refractivity contribution in [2.45, 2.75) is 6.30 Å². The molecule has 4 heteroatoms. The maximum atomic E-state index is 11.6. The van der Waals surface area contributed by atoms with Gasteiger partial charge >= 0.3 is 0 Å². The Bertz CT molecular complexity index is 30.7. The van der Waals surface area contributed by atoms with Crippen molar-refractivity contribution >= 4 is 22.9 Å². The fourth-order valence-corrected chi connectivity index (χ4v) is 0.299. The van der Waals surface area contributed by atoms with Crippen LogP contribution in [0, 0.1) is 0 Å². The number of hydrogen-bond acceptors (Lipinski definition) is 2. The summed E-state index contributed by atoms with van der Waals surface area (Å²) in [6.07, 6.45) is -1.05. The fourth-order valence-electron chi connectivity index (χ4n) is 0.0445. The molecular formula is C2H6FIN2. The van der Waals surface area contributed by atoms with Crippen molar-refractivity contribution in [3.8, 4) is 0 Å². The van der Waals surface area contributed by atoms with Gasteiger partial charge in [0.05, 0.1) is 0 Å². The molecule has 0 aromatic rings. The maximum Gasteiger partial charge on any atom is 0.171 e. The first-order chi connectivity index (χ1) is 2.81. The van der Waals surface area contributed by atoms with Gasteiger partial charge in [-0.15, -0.1) is 0 Å². The third-order valence-corrected chi connectivity index (χ3v) is 1.00. The minimum atomic E-state index is -1.05. The first-order valence-electron chi connectivity index (χ1n) is 1.51. The van der Waals surface area contributed by atoms with Crippen LogP contribution in [0.1, 0.15) is 0 Å². The van der Waals surface area contributed by atoms with Crippen molar-refractivity contribution in [2.75, 3.05) is 6.54 Å². The molecule has 0 aromatic heterocycles. The molecule has 2 nitrogen and oxygen atoms in total. The summed E-state index contributed by atoms with van der Waals surface area (Å²) in [5.41, 5.74) is 4.84. The molecule has 0 bridgehead atoms. The average molecular weight is 204 g/mol. The second-order valence-electron chi connectivity index (χ2n) is 0.812. The van der Waals surface area contributed by atoms with Crippen LogP contribution in [0.5, 0.6) is 0 Å². The van der Waals surface area contributed by atoms with E-state index in [0.29, 0.717) is 0 Å². The lowest BCUT2D eigenvalue weighted by Crippen LogP contribution is -2.24. The van der Waals surface area contributed by atoms with Gasteiger partial charge in [0.1, 0.15) is 0 Å². The van der Waals surface area contributed by atoms with Gasteiger partial charge in [0.25, 0.3) is 0 Å². The molecule has 0 aromatic carbocycles. The molecule has 0 amide bonds. The minimum absolute atomic E-state index is 0.0446. The predicted molar refractivity (Wildman–Crippen MR) is 31.1 cm³/mol. The molecule has 6 heavy (non-hydrogen) atoms. The van der Waals surface area contributed by atoms with Crippen LogP contribution < -0.4 is 9.26 Å². The Hall–Kier alpha value is 0.580. The highest BCUT2D eigenvalue weighted by atomic mass is 127. The topological polar surface area (TPSA) is 38.0 Å². The predicted octanol–water partition coefficient (Wildman–Crippen LogP) is 0.180. The number of halogens is 2. The molecule has 1 unspecified atom stereocenters. The van der Waals surface area contributed by atoms with Crippen LogP contribution >= 0.6 is 22.9 Å². The summed E-state index contributed by atoms with van der Waals surface area (Å²) in [6, 6.07) is 0. The van der Waals surface area contributed by atoms with Crippen LogP contribution in [0.2, 0.25) is 0 Å². The maximum absolute atomic E-state index is 11.6. The number of rotatable bonds is 2. The fraction of sp³-hybridized carbons (Fsp3) is 1.00. The summed E-state index contributed by atoms with van der Waals surface area (Å²) in [7, 11) is 0. The summed E-state index contributed by atoms with van der Waals surface area (Å²) < 4.78 is 13.9. The van der Waals surface area contributed by atoms with E-state index in [1.165, 1.54) is 0 Å². The van der Waals surface area contributed by atoms with Crippen LogP contribution in [0.4, 0.5) is 4.39 Å². The summed E-state index contributed by atoms with van der Waals surface area (Å²) in [6.45, 7) is 0.0446. The average Bonchev–Trinajstić information content (AvgIpc) is 1.65. The van der Waals surface area contributed by atoms with Gasteiger partial charge in [-0.1, -0.05) is 0 Å². The lowest BCUT2D eigenvalue weighted by atomic mass is 10.7. The third-order valence-electron chi connectivity index (χ3n) is 0.325. The Morgan fingerprint density at radius 2 is 2.50 bits per heavy atom. The highest BCUT2D eigenvalue weighted by molar-refractivity contribution is 14.1. The van der Waals surface area contributed by atoms with Gasteiger partial charge in [0, 0.05) is 29.4 Å². The lowest BCUT2D eigenvalue weighted by Gasteiger charge is -1.95. The van der Waals surface area contributed by atoms with E-state index in [1.54, 1.807) is 22.9 Å². The molecule has 0 radical (unpaired) electrons. The van der Waals surface area contributed by atoms with Crippen molar-refractivity contribution in [1.29, 1.82) is 0 Å². The molecule has 0 aliphatic carbocycles. The highest BCUT2D eigenvalue weighted by Gasteiger charge is 1.93. The highest BCUT2D eigenvalue weighted by Crippen LogP contribution is 1.81. The van der Waals surface area contributed by atoms with Crippen LogP contribution in [-0.4, -0.2) is 12.8 Å². The van der Waals surface area contributed by atoms with Crippen molar-refractivity contribution in [1.82, 2.24) is 3.53 Å². The lowest BCUT2D eigenvalue weighted by molar-refractivity contribution is 0.339. The summed E-state index contributed by atoms with van der Waals surface area (Å²) in [5.74, 6) is 0. The van der Waals surface area contributed by atoms with E-state index < -0.39 is 6.30 Å². The first-order valence-corrected chi connectivity index (χ1v) is 2.59. The third kappa shape index (κ3) is 2.80.